The van der Waals surface area contributed by atoms with Crippen molar-refractivity contribution in [3.63, 3.8) is 0 Å². The molecule has 0 heterocycles. The fraction of sp³-hybridized carbons (Fsp3) is 0.500. The van der Waals surface area contributed by atoms with Crippen molar-refractivity contribution >= 4 is 21.6 Å². The van der Waals surface area contributed by atoms with Crippen LogP contribution in [0, 0.1) is 0 Å². The molecule has 0 saturated heterocycles. The maximum Gasteiger partial charge on any atom is 0.218 e. The number of rotatable bonds is 5. The maximum absolute atomic E-state index is 12.1. The van der Waals surface area contributed by atoms with Gasteiger partial charge in [0, 0.05) is 19.0 Å². The van der Waals surface area contributed by atoms with Gasteiger partial charge in [0.15, 0.2) is 0 Å². The van der Waals surface area contributed by atoms with E-state index in [4.69, 9.17) is 11.6 Å². The molecule has 0 atom stereocenters. The molecule has 0 aliphatic heterocycles. The Kier molecular flexibility index (Phi) is 3.76. The number of alkyl halides is 1. The first-order chi connectivity index (χ1) is 8.03. The van der Waals surface area contributed by atoms with E-state index >= 15 is 0 Å². The van der Waals surface area contributed by atoms with Crippen LogP contribution in [-0.2, 0) is 21.7 Å². The molecule has 1 aromatic carbocycles. The minimum absolute atomic E-state index is 0.0602. The first kappa shape index (κ1) is 12.9. The zero-order chi connectivity index (χ0) is 12.5. The number of benzene rings is 1. The second kappa shape index (κ2) is 4.96. The molecule has 0 radical (unpaired) electrons. The molecule has 0 spiro atoms. The highest BCUT2D eigenvalue weighted by molar-refractivity contribution is 7.88. The summed E-state index contributed by atoms with van der Waals surface area (Å²) in [5, 5.41) is 0. The Morgan fingerprint density at radius 3 is 2.59 bits per heavy atom. The third kappa shape index (κ3) is 3.21. The summed E-state index contributed by atoms with van der Waals surface area (Å²) in [7, 11) is -1.52. The lowest BCUT2D eigenvalue weighted by molar-refractivity contribution is 0.463. The fourth-order valence-electron chi connectivity index (χ4n) is 1.78. The fourth-order valence-corrected chi connectivity index (χ4v) is 3.42. The van der Waals surface area contributed by atoms with Crippen molar-refractivity contribution in [2.45, 2.75) is 30.5 Å². The van der Waals surface area contributed by atoms with Crippen LogP contribution in [0.4, 0.5) is 0 Å². The number of sulfonamides is 1. The second-order valence-corrected chi connectivity index (χ2v) is 6.75. The van der Waals surface area contributed by atoms with Crippen LogP contribution in [0.5, 0.6) is 0 Å². The van der Waals surface area contributed by atoms with Crippen molar-refractivity contribution in [2.24, 2.45) is 0 Å². The molecule has 1 saturated carbocycles. The highest BCUT2D eigenvalue weighted by Gasteiger charge is 2.33. The van der Waals surface area contributed by atoms with E-state index in [1.807, 2.05) is 24.3 Å². The smallest absolute Gasteiger partial charge is 0.212 e. The van der Waals surface area contributed by atoms with Crippen LogP contribution in [0.25, 0.3) is 0 Å². The van der Waals surface area contributed by atoms with E-state index in [1.165, 1.54) is 4.31 Å². The first-order valence-corrected chi connectivity index (χ1v) is 7.77. The van der Waals surface area contributed by atoms with E-state index in [1.54, 1.807) is 7.05 Å². The Balaban J connectivity index is 2.13. The molecular weight excluding hydrogens is 258 g/mol. The van der Waals surface area contributed by atoms with Gasteiger partial charge < -0.3 is 0 Å². The molecule has 0 amide bonds. The van der Waals surface area contributed by atoms with Crippen molar-refractivity contribution in [1.29, 1.82) is 0 Å². The monoisotopic (exact) mass is 273 g/mol. The summed E-state index contributed by atoms with van der Waals surface area (Å²) in [6.07, 6.45) is 1.97. The first-order valence-electron chi connectivity index (χ1n) is 5.62. The minimum atomic E-state index is -3.18. The van der Waals surface area contributed by atoms with E-state index in [0.717, 1.165) is 24.0 Å². The molecule has 1 aromatic rings. The molecule has 0 aromatic heterocycles. The van der Waals surface area contributed by atoms with Gasteiger partial charge in [-0.15, -0.1) is 11.6 Å². The Labute approximate surface area is 107 Å². The normalized spacial score (nSPS) is 16.4. The molecule has 0 N–H and O–H groups in total. The van der Waals surface area contributed by atoms with Crippen LogP contribution in [0.2, 0.25) is 0 Å². The van der Waals surface area contributed by atoms with Gasteiger partial charge in [0.05, 0.1) is 5.75 Å². The molecule has 3 nitrogen and oxygen atoms in total. The van der Waals surface area contributed by atoms with E-state index < -0.39 is 10.0 Å². The van der Waals surface area contributed by atoms with Gasteiger partial charge in [-0.05, 0) is 24.0 Å². The Bertz CT molecular complexity index is 497. The van der Waals surface area contributed by atoms with Crippen LogP contribution in [0.3, 0.4) is 0 Å². The molecule has 17 heavy (non-hydrogen) atoms. The van der Waals surface area contributed by atoms with E-state index in [-0.39, 0.29) is 11.8 Å². The van der Waals surface area contributed by atoms with Gasteiger partial charge in [-0.3, -0.25) is 0 Å². The lowest BCUT2D eigenvalue weighted by Crippen LogP contribution is -2.30. The van der Waals surface area contributed by atoms with Gasteiger partial charge in [0.1, 0.15) is 0 Å². The van der Waals surface area contributed by atoms with Crippen LogP contribution < -0.4 is 0 Å². The Morgan fingerprint density at radius 2 is 2.00 bits per heavy atom. The average molecular weight is 274 g/mol. The lowest BCUT2D eigenvalue weighted by Gasteiger charge is -2.16. The van der Waals surface area contributed by atoms with E-state index in [9.17, 15) is 8.42 Å². The van der Waals surface area contributed by atoms with Crippen molar-refractivity contribution < 1.29 is 8.42 Å². The highest BCUT2D eigenvalue weighted by atomic mass is 35.5. The quantitative estimate of drug-likeness (QED) is 0.773. The molecule has 0 unspecified atom stereocenters. The van der Waals surface area contributed by atoms with Gasteiger partial charge >= 0.3 is 0 Å². The van der Waals surface area contributed by atoms with Crippen LogP contribution >= 0.6 is 11.6 Å². The van der Waals surface area contributed by atoms with Crippen LogP contribution in [0.1, 0.15) is 24.0 Å². The molecule has 0 bridgehead atoms. The van der Waals surface area contributed by atoms with E-state index in [0.29, 0.717) is 5.88 Å². The van der Waals surface area contributed by atoms with Gasteiger partial charge in [0.25, 0.3) is 0 Å². The van der Waals surface area contributed by atoms with E-state index in [2.05, 4.69) is 0 Å². The van der Waals surface area contributed by atoms with Gasteiger partial charge in [-0.2, -0.15) is 0 Å². The SMILES string of the molecule is CN(C1CC1)S(=O)(=O)Cc1cccc(CCl)c1. The van der Waals surface area contributed by atoms with Crippen LogP contribution in [-0.4, -0.2) is 25.8 Å². The Hall–Kier alpha value is -0.580. The zero-order valence-electron chi connectivity index (χ0n) is 9.77. The summed E-state index contributed by atoms with van der Waals surface area (Å²) < 4.78 is 25.6. The van der Waals surface area contributed by atoms with Crippen LogP contribution in [0.15, 0.2) is 24.3 Å². The van der Waals surface area contributed by atoms with Crippen molar-refractivity contribution in [3.8, 4) is 0 Å². The van der Waals surface area contributed by atoms with Crippen molar-refractivity contribution in [2.75, 3.05) is 7.05 Å². The standard InChI is InChI=1S/C12H16ClNO2S/c1-14(12-5-6-12)17(15,16)9-11-4-2-3-10(7-11)8-13/h2-4,7,12H,5-6,8-9H2,1H3. The largest absolute Gasteiger partial charge is 0.218 e. The molecule has 5 heteroatoms. The molecule has 2 rings (SSSR count). The number of nitrogens with zero attached hydrogens (tertiary/aromatic N) is 1. The molecule has 1 aliphatic carbocycles. The summed E-state index contributed by atoms with van der Waals surface area (Å²) in [5.74, 6) is 0.469. The second-order valence-electron chi connectivity index (χ2n) is 4.46. The summed E-state index contributed by atoms with van der Waals surface area (Å²) in [6, 6.07) is 7.64. The van der Waals surface area contributed by atoms with Gasteiger partial charge in [0.2, 0.25) is 10.0 Å². The van der Waals surface area contributed by atoms with Gasteiger partial charge in [-0.25, -0.2) is 12.7 Å². The predicted molar refractivity (Wildman–Crippen MR) is 69.4 cm³/mol. The zero-order valence-corrected chi connectivity index (χ0v) is 11.3. The number of hydrogen-bond acceptors (Lipinski definition) is 2. The minimum Gasteiger partial charge on any atom is -0.212 e. The summed E-state index contributed by atoms with van der Waals surface area (Å²) in [6.45, 7) is 0. The third-order valence-electron chi connectivity index (χ3n) is 2.99. The summed E-state index contributed by atoms with van der Waals surface area (Å²) in [5.41, 5.74) is 1.75. The summed E-state index contributed by atoms with van der Waals surface area (Å²) >= 11 is 5.73. The molecular formula is C12H16ClNO2S. The molecule has 1 aliphatic rings. The molecule has 1 fully saturated rings. The number of hydrogen-bond donors (Lipinski definition) is 0. The Morgan fingerprint density at radius 1 is 1.35 bits per heavy atom. The topological polar surface area (TPSA) is 37.4 Å². The highest BCUT2D eigenvalue weighted by Crippen LogP contribution is 2.28. The predicted octanol–water partition coefficient (Wildman–Crippen LogP) is 2.35. The number of halogens is 1. The van der Waals surface area contributed by atoms with Crippen molar-refractivity contribution in [3.05, 3.63) is 35.4 Å². The van der Waals surface area contributed by atoms with Crippen molar-refractivity contribution in [1.82, 2.24) is 4.31 Å². The third-order valence-corrected chi connectivity index (χ3v) is 5.18. The average Bonchev–Trinajstić information content (AvgIpc) is 3.11. The summed E-state index contributed by atoms with van der Waals surface area (Å²) in [4.78, 5) is 0. The lowest BCUT2D eigenvalue weighted by atomic mass is 10.2. The van der Waals surface area contributed by atoms with Gasteiger partial charge in [-0.1, -0.05) is 24.3 Å². The maximum atomic E-state index is 12.1. The molecule has 94 valence electrons.